The van der Waals surface area contributed by atoms with E-state index >= 15 is 0 Å². The Morgan fingerprint density at radius 3 is 2.53 bits per heavy atom. The highest BCUT2D eigenvalue weighted by molar-refractivity contribution is 6.32. The Hall–Kier alpha value is -4.09. The van der Waals surface area contributed by atoms with Gasteiger partial charge in [0.2, 0.25) is 0 Å². The van der Waals surface area contributed by atoms with Crippen molar-refractivity contribution in [1.82, 2.24) is 5.32 Å². The second-order valence-corrected chi connectivity index (χ2v) is 8.52. The van der Waals surface area contributed by atoms with Crippen LogP contribution in [0.3, 0.4) is 0 Å². The second-order valence-electron chi connectivity index (χ2n) is 8.08. The molecule has 1 aliphatic rings. The maximum absolute atomic E-state index is 13.2. The highest BCUT2D eigenvalue weighted by Crippen LogP contribution is 2.32. The van der Waals surface area contributed by atoms with E-state index in [-0.39, 0.29) is 5.70 Å². The first-order valence-corrected chi connectivity index (χ1v) is 11.2. The Kier molecular flexibility index (Phi) is 5.78. The summed E-state index contributed by atoms with van der Waals surface area (Å²) >= 11 is 6.06. The summed E-state index contributed by atoms with van der Waals surface area (Å²) in [6.45, 7) is 2.42. The molecule has 0 spiro atoms. The maximum Gasteiger partial charge on any atom is 0.333 e. The number of hydrogen-bond acceptors (Lipinski definition) is 3. The lowest BCUT2D eigenvalue weighted by molar-refractivity contribution is -0.113. The Labute approximate surface area is 202 Å². The van der Waals surface area contributed by atoms with Gasteiger partial charge in [0.15, 0.2) is 0 Å². The van der Waals surface area contributed by atoms with E-state index in [9.17, 15) is 9.59 Å². The van der Waals surface area contributed by atoms with Crippen molar-refractivity contribution in [3.05, 3.63) is 112 Å². The average molecular weight is 469 g/mol. The maximum atomic E-state index is 13.2. The third kappa shape index (κ3) is 4.26. The van der Waals surface area contributed by atoms with E-state index < -0.39 is 11.9 Å². The number of urea groups is 1. The van der Waals surface area contributed by atoms with Crippen LogP contribution >= 0.6 is 11.6 Å². The van der Waals surface area contributed by atoms with E-state index in [1.807, 2.05) is 67.6 Å². The number of amides is 3. The minimum Gasteiger partial charge on any atom is -0.488 e. The first kappa shape index (κ1) is 21.7. The van der Waals surface area contributed by atoms with Gasteiger partial charge in [-0.15, -0.1) is 0 Å². The molecule has 1 fully saturated rings. The van der Waals surface area contributed by atoms with Crippen LogP contribution in [0.4, 0.5) is 10.5 Å². The molecule has 0 saturated carbocycles. The molecular formula is C28H21ClN2O3. The number of carbonyl (C=O) groups excluding carboxylic acids is 2. The zero-order valence-corrected chi connectivity index (χ0v) is 19.2. The molecule has 1 aliphatic heterocycles. The zero-order chi connectivity index (χ0) is 23.7. The summed E-state index contributed by atoms with van der Waals surface area (Å²) in [4.78, 5) is 26.9. The van der Waals surface area contributed by atoms with Gasteiger partial charge in [-0.25, -0.2) is 9.69 Å². The van der Waals surface area contributed by atoms with Crippen LogP contribution in [-0.4, -0.2) is 11.9 Å². The summed E-state index contributed by atoms with van der Waals surface area (Å²) in [6, 6.07) is 26.0. The third-order valence-electron chi connectivity index (χ3n) is 5.68. The fourth-order valence-electron chi connectivity index (χ4n) is 3.92. The molecule has 5 nitrogen and oxygen atoms in total. The van der Waals surface area contributed by atoms with Crippen LogP contribution in [0.1, 0.15) is 16.7 Å². The fraction of sp³-hybridized carbons (Fsp3) is 0.0714. The SMILES string of the molecule is Cc1ccc(COc2ccc3ccccc3c2/C=C2/NC(=O)N(c3cccc(Cl)c3)C2=O)cc1. The molecule has 6 heteroatoms. The van der Waals surface area contributed by atoms with Gasteiger partial charge in [-0.05, 0) is 53.6 Å². The Morgan fingerprint density at radius 2 is 1.74 bits per heavy atom. The first-order chi connectivity index (χ1) is 16.5. The van der Waals surface area contributed by atoms with Crippen LogP contribution in [0.15, 0.2) is 90.6 Å². The molecule has 1 N–H and O–H groups in total. The highest BCUT2D eigenvalue weighted by Gasteiger charge is 2.35. The number of nitrogens with one attached hydrogen (secondary N) is 1. The first-order valence-electron chi connectivity index (χ1n) is 10.8. The van der Waals surface area contributed by atoms with E-state index in [1.54, 1.807) is 30.3 Å². The summed E-state index contributed by atoms with van der Waals surface area (Å²) < 4.78 is 6.17. The molecule has 1 heterocycles. The molecule has 0 radical (unpaired) electrons. The van der Waals surface area contributed by atoms with E-state index in [2.05, 4.69) is 5.32 Å². The monoisotopic (exact) mass is 468 g/mol. The summed E-state index contributed by atoms with van der Waals surface area (Å²) in [5.74, 6) is 0.166. The molecule has 3 amide bonds. The number of hydrogen-bond donors (Lipinski definition) is 1. The fourth-order valence-corrected chi connectivity index (χ4v) is 4.11. The summed E-state index contributed by atoms with van der Waals surface area (Å²) in [6.07, 6.45) is 1.68. The number of nitrogens with zero attached hydrogens (tertiary/aromatic N) is 1. The van der Waals surface area contributed by atoms with E-state index in [1.165, 1.54) is 5.56 Å². The molecule has 5 rings (SSSR count). The van der Waals surface area contributed by atoms with Gasteiger partial charge in [-0.2, -0.15) is 0 Å². The lowest BCUT2D eigenvalue weighted by atomic mass is 10.0. The molecule has 0 aliphatic carbocycles. The molecule has 1 saturated heterocycles. The smallest absolute Gasteiger partial charge is 0.333 e. The Morgan fingerprint density at radius 1 is 0.941 bits per heavy atom. The van der Waals surface area contributed by atoms with Crippen LogP contribution in [-0.2, 0) is 11.4 Å². The van der Waals surface area contributed by atoms with Crippen molar-refractivity contribution in [2.75, 3.05) is 4.90 Å². The van der Waals surface area contributed by atoms with Crippen LogP contribution in [0.25, 0.3) is 16.8 Å². The quantitative estimate of drug-likeness (QED) is 0.269. The lowest BCUT2D eigenvalue weighted by Gasteiger charge is -2.13. The number of aryl methyl sites for hydroxylation is 1. The summed E-state index contributed by atoms with van der Waals surface area (Å²) in [5.41, 5.74) is 3.52. The number of halogens is 1. The van der Waals surface area contributed by atoms with Gasteiger partial charge >= 0.3 is 6.03 Å². The summed E-state index contributed by atoms with van der Waals surface area (Å²) in [5, 5.41) is 5.05. The van der Waals surface area contributed by atoms with Crippen LogP contribution in [0, 0.1) is 6.92 Å². The second kappa shape index (κ2) is 9.04. The predicted octanol–water partition coefficient (Wildman–Crippen LogP) is 6.48. The third-order valence-corrected chi connectivity index (χ3v) is 5.91. The normalized spacial score (nSPS) is 14.6. The van der Waals surface area contributed by atoms with Crippen molar-refractivity contribution in [2.24, 2.45) is 0 Å². The van der Waals surface area contributed by atoms with E-state index in [0.29, 0.717) is 23.1 Å². The van der Waals surface area contributed by atoms with Gasteiger partial charge in [-0.1, -0.05) is 77.8 Å². The summed E-state index contributed by atoms with van der Waals surface area (Å²) in [7, 11) is 0. The van der Waals surface area contributed by atoms with Gasteiger partial charge in [-0.3, -0.25) is 4.79 Å². The van der Waals surface area contributed by atoms with Gasteiger partial charge in [0.25, 0.3) is 5.91 Å². The molecule has 0 bridgehead atoms. The zero-order valence-electron chi connectivity index (χ0n) is 18.4. The number of rotatable bonds is 5. The Balaban J connectivity index is 1.53. The Bertz CT molecular complexity index is 1440. The van der Waals surface area contributed by atoms with Crippen LogP contribution in [0.2, 0.25) is 5.02 Å². The number of benzene rings is 4. The van der Waals surface area contributed by atoms with Gasteiger partial charge in [0, 0.05) is 10.6 Å². The average Bonchev–Trinajstić information content (AvgIpc) is 3.12. The minimum atomic E-state index is -0.527. The van der Waals surface area contributed by atoms with Crippen LogP contribution in [0.5, 0.6) is 5.75 Å². The standard InChI is InChI=1S/C28H21ClN2O3/c1-18-9-11-19(12-10-18)17-34-26-14-13-20-5-2-3-8-23(20)24(26)16-25-27(32)31(28(33)30-25)22-7-4-6-21(29)15-22/h2-16H,17H2,1H3,(H,30,33)/b25-16+. The van der Waals surface area contributed by atoms with Gasteiger partial charge in [0.1, 0.15) is 18.1 Å². The van der Waals surface area contributed by atoms with E-state index in [0.717, 1.165) is 26.8 Å². The molecule has 0 aromatic heterocycles. The molecule has 0 atom stereocenters. The van der Waals surface area contributed by atoms with Gasteiger partial charge < -0.3 is 10.1 Å². The molecular weight excluding hydrogens is 448 g/mol. The van der Waals surface area contributed by atoms with Crippen molar-refractivity contribution < 1.29 is 14.3 Å². The molecule has 168 valence electrons. The topological polar surface area (TPSA) is 58.6 Å². The number of anilines is 1. The molecule has 34 heavy (non-hydrogen) atoms. The molecule has 4 aromatic rings. The highest BCUT2D eigenvalue weighted by atomic mass is 35.5. The van der Waals surface area contributed by atoms with Crippen molar-refractivity contribution in [3.63, 3.8) is 0 Å². The van der Waals surface area contributed by atoms with Crippen molar-refractivity contribution in [1.29, 1.82) is 0 Å². The van der Waals surface area contributed by atoms with E-state index in [4.69, 9.17) is 16.3 Å². The van der Waals surface area contributed by atoms with Gasteiger partial charge in [0.05, 0.1) is 5.69 Å². The number of ether oxygens (including phenoxy) is 1. The van der Waals surface area contributed by atoms with Crippen molar-refractivity contribution in [2.45, 2.75) is 13.5 Å². The molecule has 4 aromatic carbocycles. The number of carbonyl (C=O) groups is 2. The predicted molar refractivity (Wildman–Crippen MR) is 135 cm³/mol. The molecule has 0 unspecified atom stereocenters. The largest absolute Gasteiger partial charge is 0.488 e. The van der Waals surface area contributed by atoms with Crippen molar-refractivity contribution in [3.8, 4) is 5.75 Å². The number of imide groups is 1. The lowest BCUT2D eigenvalue weighted by Crippen LogP contribution is -2.30. The number of fused-ring (bicyclic) bond motifs is 1. The van der Waals surface area contributed by atoms with Crippen molar-refractivity contribution >= 4 is 46.1 Å². The minimum absolute atomic E-state index is 0.168. The van der Waals surface area contributed by atoms with Crippen LogP contribution < -0.4 is 15.0 Å².